The molecule has 2 aromatic carbocycles. The van der Waals surface area contributed by atoms with Gasteiger partial charge in [-0.05, 0) is 37.1 Å². The van der Waals surface area contributed by atoms with Crippen LogP contribution in [0.5, 0.6) is 5.75 Å². The van der Waals surface area contributed by atoms with Gasteiger partial charge < -0.3 is 15.0 Å². The van der Waals surface area contributed by atoms with E-state index in [1.165, 1.54) is 23.1 Å². The van der Waals surface area contributed by atoms with Crippen LogP contribution in [0.4, 0.5) is 18.0 Å². The number of carbonyl (C=O) groups excluding carboxylic acids is 2. The third-order valence-electron chi connectivity index (χ3n) is 4.52. The van der Waals surface area contributed by atoms with Crippen molar-refractivity contribution in [1.82, 2.24) is 10.2 Å². The van der Waals surface area contributed by atoms with Crippen molar-refractivity contribution >= 4 is 12.0 Å². The highest BCUT2D eigenvalue weighted by Gasteiger charge is 2.36. The maximum absolute atomic E-state index is 13.1. The first-order chi connectivity index (χ1) is 13.3. The second-order valence-electron chi connectivity index (χ2n) is 6.46. The Morgan fingerprint density at radius 2 is 1.57 bits per heavy atom. The van der Waals surface area contributed by atoms with Gasteiger partial charge in [-0.25, -0.2) is 4.79 Å². The molecule has 1 N–H and O–H groups in total. The molecule has 1 fully saturated rings. The lowest BCUT2D eigenvalue weighted by atomic mass is 10.0. The second-order valence-corrected chi connectivity index (χ2v) is 6.46. The van der Waals surface area contributed by atoms with Crippen molar-refractivity contribution in [3.05, 3.63) is 65.7 Å². The Bertz CT molecular complexity index is 832. The topological polar surface area (TPSA) is 58.6 Å². The van der Waals surface area contributed by atoms with Gasteiger partial charge >= 0.3 is 12.3 Å². The smallest absolute Gasteiger partial charge is 0.410 e. The standard InChI is InChI=1S/C20H19F3N2O3/c21-20(22,23)17-9-5-4-8-16(17)18(26)25-12-10-14(11-13-25)24-19(27)28-15-6-2-1-3-7-15/h1-9,14H,10-13H2,(H,24,27). The lowest BCUT2D eigenvalue weighted by Crippen LogP contribution is -2.47. The van der Waals surface area contributed by atoms with Crippen LogP contribution in [0.2, 0.25) is 0 Å². The number of piperidine rings is 1. The van der Waals surface area contributed by atoms with Crippen LogP contribution in [0.15, 0.2) is 54.6 Å². The van der Waals surface area contributed by atoms with Crippen LogP contribution in [-0.4, -0.2) is 36.0 Å². The van der Waals surface area contributed by atoms with Crippen molar-refractivity contribution in [3.63, 3.8) is 0 Å². The van der Waals surface area contributed by atoms with Gasteiger partial charge in [0.1, 0.15) is 5.75 Å². The number of para-hydroxylation sites is 1. The van der Waals surface area contributed by atoms with Crippen molar-refractivity contribution < 1.29 is 27.5 Å². The Morgan fingerprint density at radius 3 is 2.21 bits per heavy atom. The molecule has 2 amide bonds. The van der Waals surface area contributed by atoms with Gasteiger partial charge in [-0.15, -0.1) is 0 Å². The maximum Gasteiger partial charge on any atom is 0.417 e. The molecular formula is C20H19F3N2O3. The van der Waals surface area contributed by atoms with E-state index in [1.54, 1.807) is 30.3 Å². The number of nitrogens with zero attached hydrogens (tertiary/aromatic N) is 1. The van der Waals surface area contributed by atoms with Crippen molar-refractivity contribution in [2.45, 2.75) is 25.1 Å². The zero-order chi connectivity index (χ0) is 20.1. The SMILES string of the molecule is O=C(NC1CCN(C(=O)c2ccccc2C(F)(F)F)CC1)Oc1ccccc1. The number of halogens is 3. The second kappa shape index (κ2) is 8.33. The van der Waals surface area contributed by atoms with Crippen LogP contribution in [-0.2, 0) is 6.18 Å². The summed E-state index contributed by atoms with van der Waals surface area (Å²) in [4.78, 5) is 25.9. The molecule has 8 heteroatoms. The lowest BCUT2D eigenvalue weighted by Gasteiger charge is -2.32. The van der Waals surface area contributed by atoms with Crippen LogP contribution < -0.4 is 10.1 Å². The molecule has 1 saturated heterocycles. The highest BCUT2D eigenvalue weighted by Crippen LogP contribution is 2.32. The Kier molecular flexibility index (Phi) is 5.87. The Balaban J connectivity index is 1.56. The summed E-state index contributed by atoms with van der Waals surface area (Å²) in [6.45, 7) is 0.503. The fourth-order valence-corrected chi connectivity index (χ4v) is 3.11. The quantitative estimate of drug-likeness (QED) is 0.856. The van der Waals surface area contributed by atoms with Gasteiger partial charge in [-0.3, -0.25) is 4.79 Å². The van der Waals surface area contributed by atoms with Crippen LogP contribution in [0.1, 0.15) is 28.8 Å². The zero-order valence-corrected chi connectivity index (χ0v) is 14.9. The van der Waals surface area contributed by atoms with E-state index in [-0.39, 0.29) is 24.7 Å². The number of carbonyl (C=O) groups is 2. The first-order valence-electron chi connectivity index (χ1n) is 8.83. The van der Waals surface area contributed by atoms with Gasteiger partial charge in [-0.1, -0.05) is 30.3 Å². The van der Waals surface area contributed by atoms with Crippen LogP contribution >= 0.6 is 0 Å². The lowest BCUT2D eigenvalue weighted by molar-refractivity contribution is -0.138. The summed E-state index contributed by atoms with van der Waals surface area (Å²) in [6, 6.07) is 13.1. The van der Waals surface area contributed by atoms with Crippen molar-refractivity contribution in [2.24, 2.45) is 0 Å². The zero-order valence-electron chi connectivity index (χ0n) is 14.9. The normalized spacial score (nSPS) is 15.2. The van der Waals surface area contributed by atoms with Crippen LogP contribution in [0, 0.1) is 0 Å². The predicted octanol–water partition coefficient (Wildman–Crippen LogP) is 4.10. The molecule has 0 atom stereocenters. The summed E-state index contributed by atoms with van der Waals surface area (Å²) in [6.07, 6.45) is -4.32. The largest absolute Gasteiger partial charge is 0.417 e. The number of amides is 2. The number of alkyl halides is 3. The van der Waals surface area contributed by atoms with E-state index in [4.69, 9.17) is 4.74 Å². The summed E-state index contributed by atoms with van der Waals surface area (Å²) in [7, 11) is 0. The molecule has 2 aromatic rings. The number of ether oxygens (including phenoxy) is 1. The van der Waals surface area contributed by atoms with Gasteiger partial charge in [0.25, 0.3) is 5.91 Å². The summed E-state index contributed by atoms with van der Waals surface area (Å²) in [5, 5.41) is 2.72. The highest BCUT2D eigenvalue weighted by atomic mass is 19.4. The van der Waals surface area contributed by atoms with Crippen LogP contribution in [0.25, 0.3) is 0 Å². The number of hydrogen-bond acceptors (Lipinski definition) is 3. The molecule has 0 saturated carbocycles. The fraction of sp³-hybridized carbons (Fsp3) is 0.300. The van der Waals surface area contributed by atoms with Crippen LogP contribution in [0.3, 0.4) is 0 Å². The van der Waals surface area contributed by atoms with Gasteiger partial charge in [-0.2, -0.15) is 13.2 Å². The average Bonchev–Trinajstić information content (AvgIpc) is 2.68. The molecule has 1 heterocycles. The summed E-state index contributed by atoms with van der Waals surface area (Å²) in [5.74, 6) is -0.241. The number of hydrogen-bond donors (Lipinski definition) is 1. The Hall–Kier alpha value is -3.03. The summed E-state index contributed by atoms with van der Waals surface area (Å²) < 4.78 is 44.5. The highest BCUT2D eigenvalue weighted by molar-refractivity contribution is 5.96. The number of nitrogens with one attached hydrogen (secondary N) is 1. The maximum atomic E-state index is 13.1. The van der Waals surface area contributed by atoms with Gasteiger partial charge in [0.2, 0.25) is 0 Å². The molecule has 0 radical (unpaired) electrons. The minimum absolute atomic E-state index is 0.210. The third-order valence-corrected chi connectivity index (χ3v) is 4.52. The van der Waals surface area contributed by atoms with Gasteiger partial charge in [0.15, 0.2) is 0 Å². The molecule has 0 aromatic heterocycles. The van der Waals surface area contributed by atoms with Gasteiger partial charge in [0, 0.05) is 19.1 Å². The molecule has 1 aliphatic rings. The third kappa shape index (κ3) is 4.82. The minimum atomic E-state index is -4.59. The van der Waals surface area contributed by atoms with E-state index in [0.717, 1.165) is 6.07 Å². The molecule has 148 valence electrons. The average molecular weight is 392 g/mol. The predicted molar refractivity (Wildman–Crippen MR) is 96.0 cm³/mol. The van der Waals surface area contributed by atoms with E-state index < -0.39 is 23.7 Å². The molecule has 1 aliphatic heterocycles. The first kappa shape index (κ1) is 19.7. The van der Waals surface area contributed by atoms with E-state index in [9.17, 15) is 22.8 Å². The number of rotatable bonds is 3. The number of benzene rings is 2. The molecule has 3 rings (SSSR count). The Morgan fingerprint density at radius 1 is 0.964 bits per heavy atom. The van der Waals surface area contributed by atoms with Crippen molar-refractivity contribution in [1.29, 1.82) is 0 Å². The van der Waals surface area contributed by atoms with Crippen molar-refractivity contribution in [3.8, 4) is 5.75 Å². The molecule has 0 unspecified atom stereocenters. The summed E-state index contributed by atoms with van der Waals surface area (Å²) in [5.41, 5.74) is -1.29. The van der Waals surface area contributed by atoms with E-state index in [1.807, 2.05) is 0 Å². The monoisotopic (exact) mass is 392 g/mol. The molecular weight excluding hydrogens is 373 g/mol. The van der Waals surface area contributed by atoms with E-state index in [2.05, 4.69) is 5.32 Å². The molecule has 0 aliphatic carbocycles. The fourth-order valence-electron chi connectivity index (χ4n) is 3.11. The molecule has 5 nitrogen and oxygen atoms in total. The van der Waals surface area contributed by atoms with Gasteiger partial charge in [0.05, 0.1) is 11.1 Å². The number of likely N-dealkylation sites (tertiary alicyclic amines) is 1. The van der Waals surface area contributed by atoms with E-state index in [0.29, 0.717) is 18.6 Å². The van der Waals surface area contributed by atoms with Crippen molar-refractivity contribution in [2.75, 3.05) is 13.1 Å². The minimum Gasteiger partial charge on any atom is -0.410 e. The summed E-state index contributed by atoms with van der Waals surface area (Å²) >= 11 is 0. The first-order valence-corrected chi connectivity index (χ1v) is 8.83. The molecule has 0 bridgehead atoms. The van der Waals surface area contributed by atoms with E-state index >= 15 is 0 Å². The Labute approximate surface area is 160 Å². The molecule has 0 spiro atoms. The molecule has 28 heavy (non-hydrogen) atoms.